The normalized spacial score (nSPS) is 14.5. The van der Waals surface area contributed by atoms with Gasteiger partial charge in [0, 0.05) is 0 Å². The Morgan fingerprint density at radius 1 is 0.957 bits per heavy atom. The zero-order chi connectivity index (χ0) is 17.6. The van der Waals surface area contributed by atoms with E-state index in [4.69, 9.17) is 0 Å². The van der Waals surface area contributed by atoms with E-state index in [1.54, 1.807) is 0 Å². The zero-order valence-corrected chi connectivity index (χ0v) is 19.2. The van der Waals surface area contributed by atoms with Crippen molar-refractivity contribution >= 4 is 18.4 Å². The van der Waals surface area contributed by atoms with E-state index in [1.165, 1.54) is 51.8 Å². The number of hydrogen-bond donors (Lipinski definition) is 1. The fourth-order valence-electron chi connectivity index (χ4n) is 3.09. The van der Waals surface area contributed by atoms with Gasteiger partial charge in [-0.05, 0) is 0 Å². The summed E-state index contributed by atoms with van der Waals surface area (Å²) >= 11 is -2.23. The molecular weight excluding hydrogens is 387 g/mol. The van der Waals surface area contributed by atoms with Gasteiger partial charge in [0.15, 0.2) is 0 Å². The molecule has 0 bridgehead atoms. The number of hydrogen-bond acceptors (Lipinski definition) is 1. The van der Waals surface area contributed by atoms with Crippen LogP contribution in [0.15, 0.2) is 10.2 Å². The van der Waals surface area contributed by atoms with Gasteiger partial charge in [0.1, 0.15) is 0 Å². The SMILES string of the molecule is CC#CC[C@H](C)[C@@H](O)C=[CH][Sn]([CH2]CCC)([CH2]CCC)[CH2]CCC. The van der Waals surface area contributed by atoms with Gasteiger partial charge in [-0.2, -0.15) is 0 Å². The molecule has 0 spiro atoms. The van der Waals surface area contributed by atoms with Crippen LogP contribution in [0.4, 0.5) is 0 Å². The number of aliphatic hydroxyl groups is 1. The summed E-state index contributed by atoms with van der Waals surface area (Å²) in [5.74, 6) is 6.28. The van der Waals surface area contributed by atoms with Crippen LogP contribution in [0.2, 0.25) is 13.3 Å². The van der Waals surface area contributed by atoms with Gasteiger partial charge in [-0.1, -0.05) is 0 Å². The number of rotatable bonds is 13. The Labute approximate surface area is 150 Å². The number of unbranched alkanes of at least 4 members (excludes halogenated alkanes) is 3. The summed E-state index contributed by atoms with van der Waals surface area (Å²) in [7, 11) is 0. The van der Waals surface area contributed by atoms with Crippen LogP contribution in [0.1, 0.15) is 79.6 Å². The molecule has 0 fully saturated rings. The molecule has 0 heterocycles. The first kappa shape index (κ1) is 23.1. The topological polar surface area (TPSA) is 20.2 Å². The first-order chi connectivity index (χ1) is 11.0. The van der Waals surface area contributed by atoms with Gasteiger partial charge in [0.2, 0.25) is 0 Å². The van der Waals surface area contributed by atoms with Crippen molar-refractivity contribution in [1.29, 1.82) is 0 Å². The van der Waals surface area contributed by atoms with Gasteiger partial charge in [0.25, 0.3) is 0 Å². The first-order valence-corrected chi connectivity index (χ1v) is 17.5. The van der Waals surface area contributed by atoms with Gasteiger partial charge in [-0.3, -0.25) is 0 Å². The molecule has 0 aliphatic heterocycles. The molecule has 0 aromatic carbocycles. The molecule has 2 atom stereocenters. The standard InChI is InChI=1S/C9H13O.3C4H9.Sn/c1-4-6-7-8(3)9(10)5-2;3*1-3-4-2;/h2,5,8-10H,7H2,1,3H3;3*1,3-4H2,2H3;/t8-,9-;;;;/m0..../s1. The second-order valence-electron chi connectivity index (χ2n) is 7.13. The van der Waals surface area contributed by atoms with Crippen LogP contribution in [0, 0.1) is 17.8 Å². The van der Waals surface area contributed by atoms with Gasteiger partial charge in [-0.25, -0.2) is 0 Å². The minimum atomic E-state index is -2.23. The van der Waals surface area contributed by atoms with Crippen molar-refractivity contribution in [3.63, 3.8) is 0 Å². The van der Waals surface area contributed by atoms with E-state index in [0.29, 0.717) is 0 Å². The fraction of sp³-hybridized carbons (Fsp3) is 0.810. The number of aliphatic hydroxyl groups excluding tert-OH is 1. The Morgan fingerprint density at radius 2 is 1.43 bits per heavy atom. The van der Waals surface area contributed by atoms with E-state index in [1.807, 2.05) is 6.92 Å². The molecule has 0 saturated carbocycles. The molecule has 0 aromatic rings. The van der Waals surface area contributed by atoms with Crippen molar-refractivity contribution in [1.82, 2.24) is 0 Å². The van der Waals surface area contributed by atoms with Crippen molar-refractivity contribution in [2.45, 2.75) is 99.0 Å². The van der Waals surface area contributed by atoms with Gasteiger partial charge in [0.05, 0.1) is 0 Å². The second kappa shape index (κ2) is 14.4. The van der Waals surface area contributed by atoms with Crippen molar-refractivity contribution in [2.24, 2.45) is 5.92 Å². The van der Waals surface area contributed by atoms with Crippen LogP contribution < -0.4 is 0 Å². The molecule has 23 heavy (non-hydrogen) atoms. The van der Waals surface area contributed by atoms with Crippen molar-refractivity contribution in [2.75, 3.05) is 0 Å². The molecule has 0 unspecified atom stereocenters. The summed E-state index contributed by atoms with van der Waals surface area (Å²) < 4.78 is 6.99. The molecule has 0 amide bonds. The Bertz CT molecular complexity index is 342. The maximum atomic E-state index is 10.5. The summed E-state index contributed by atoms with van der Waals surface area (Å²) in [5, 5.41) is 10.5. The summed E-state index contributed by atoms with van der Waals surface area (Å²) in [6.07, 6.45) is 10.7. The summed E-state index contributed by atoms with van der Waals surface area (Å²) in [4.78, 5) is 0. The molecule has 134 valence electrons. The van der Waals surface area contributed by atoms with Gasteiger partial charge in [-0.15, -0.1) is 0 Å². The molecule has 1 nitrogen and oxygen atoms in total. The summed E-state index contributed by atoms with van der Waals surface area (Å²) in [6.45, 7) is 10.9. The van der Waals surface area contributed by atoms with Gasteiger partial charge >= 0.3 is 150 Å². The van der Waals surface area contributed by atoms with Crippen molar-refractivity contribution in [3.8, 4) is 11.8 Å². The summed E-state index contributed by atoms with van der Waals surface area (Å²) in [5.41, 5.74) is 0. The third-order valence-electron chi connectivity index (χ3n) is 4.92. The molecule has 0 aliphatic rings. The predicted octanol–water partition coefficient (Wildman–Crippen LogP) is 6.34. The second-order valence-corrected chi connectivity index (χ2v) is 20.1. The predicted molar refractivity (Wildman–Crippen MR) is 107 cm³/mol. The maximum absolute atomic E-state index is 10.5. The van der Waals surface area contributed by atoms with Crippen molar-refractivity contribution < 1.29 is 5.11 Å². The molecular formula is C21H40OSn. The average Bonchev–Trinajstić information content (AvgIpc) is 2.58. The van der Waals surface area contributed by atoms with Gasteiger partial charge < -0.3 is 0 Å². The van der Waals surface area contributed by atoms with Crippen LogP contribution >= 0.6 is 0 Å². The van der Waals surface area contributed by atoms with E-state index in [2.05, 4.69) is 49.7 Å². The molecule has 0 saturated heterocycles. The molecule has 0 radical (unpaired) electrons. The van der Waals surface area contributed by atoms with Crippen LogP contribution in [-0.2, 0) is 0 Å². The van der Waals surface area contributed by atoms with Crippen LogP contribution in [0.5, 0.6) is 0 Å². The average molecular weight is 427 g/mol. The van der Waals surface area contributed by atoms with Crippen LogP contribution in [0.3, 0.4) is 0 Å². The molecule has 1 N–H and O–H groups in total. The monoisotopic (exact) mass is 428 g/mol. The van der Waals surface area contributed by atoms with E-state index in [9.17, 15) is 5.11 Å². The third kappa shape index (κ3) is 10.5. The molecule has 0 aliphatic carbocycles. The minimum absolute atomic E-state index is 0.242. The Morgan fingerprint density at radius 3 is 1.83 bits per heavy atom. The van der Waals surface area contributed by atoms with E-state index < -0.39 is 18.4 Å². The molecule has 2 heteroatoms. The first-order valence-electron chi connectivity index (χ1n) is 9.82. The van der Waals surface area contributed by atoms with Crippen molar-refractivity contribution in [3.05, 3.63) is 10.2 Å². The van der Waals surface area contributed by atoms with Crippen LogP contribution in [-0.4, -0.2) is 29.6 Å². The fourth-order valence-corrected chi connectivity index (χ4v) is 17.4. The Hall–Kier alpha value is 0.0587. The molecule has 0 aromatic heterocycles. The Balaban J connectivity index is 5.02. The quantitative estimate of drug-likeness (QED) is 0.269. The van der Waals surface area contributed by atoms with E-state index in [0.717, 1.165) is 6.42 Å². The van der Waals surface area contributed by atoms with E-state index in [-0.39, 0.29) is 12.0 Å². The molecule has 0 rings (SSSR count). The van der Waals surface area contributed by atoms with E-state index >= 15 is 0 Å². The van der Waals surface area contributed by atoms with Crippen LogP contribution in [0.25, 0.3) is 0 Å². The summed E-state index contributed by atoms with van der Waals surface area (Å²) in [6, 6.07) is 0. The zero-order valence-electron chi connectivity index (χ0n) is 16.3. The Kier molecular flexibility index (Phi) is 14.4. The third-order valence-corrected chi connectivity index (χ3v) is 19.0.